The van der Waals surface area contributed by atoms with Crippen LogP contribution >= 0.6 is 0 Å². The van der Waals surface area contributed by atoms with Crippen LogP contribution in [0.2, 0.25) is 0 Å². The second-order valence-corrected chi connectivity index (χ2v) is 5.65. The summed E-state index contributed by atoms with van der Waals surface area (Å²) in [7, 11) is 0. The lowest BCUT2D eigenvalue weighted by Crippen LogP contribution is -2.09. The van der Waals surface area contributed by atoms with Gasteiger partial charge in [0.1, 0.15) is 0 Å². The minimum absolute atomic E-state index is 0.379. The maximum absolute atomic E-state index is 11.4. The van der Waals surface area contributed by atoms with Gasteiger partial charge in [-0.25, -0.2) is 4.79 Å². The second-order valence-electron chi connectivity index (χ2n) is 5.65. The van der Waals surface area contributed by atoms with E-state index >= 15 is 0 Å². The van der Waals surface area contributed by atoms with Crippen LogP contribution in [0.25, 0.3) is 0 Å². The van der Waals surface area contributed by atoms with Gasteiger partial charge in [0.05, 0.1) is 5.56 Å². The van der Waals surface area contributed by atoms with Crippen molar-refractivity contribution in [1.82, 2.24) is 0 Å². The van der Waals surface area contributed by atoms with E-state index in [4.69, 9.17) is 0 Å². The van der Waals surface area contributed by atoms with Crippen molar-refractivity contribution < 1.29 is 9.90 Å². The summed E-state index contributed by atoms with van der Waals surface area (Å²) in [6, 6.07) is 5.61. The molecule has 1 rings (SSSR count). The maximum atomic E-state index is 11.4. The molecule has 0 saturated heterocycles. The molecule has 1 aromatic carbocycles. The Bertz CT molecular complexity index is 423. The molecule has 0 aliphatic rings. The van der Waals surface area contributed by atoms with Crippen LogP contribution in [0.4, 0.5) is 0 Å². The lowest BCUT2D eigenvalue weighted by Gasteiger charge is -2.20. The van der Waals surface area contributed by atoms with E-state index < -0.39 is 5.97 Å². The zero-order chi connectivity index (χ0) is 15.0. The maximum Gasteiger partial charge on any atom is 0.335 e. The lowest BCUT2D eigenvalue weighted by atomic mass is 9.85. The molecule has 0 amide bonds. The summed E-state index contributed by atoms with van der Waals surface area (Å²) in [6.07, 6.45) is 8.45. The van der Waals surface area contributed by atoms with Crippen molar-refractivity contribution in [2.45, 2.75) is 71.6 Å². The highest BCUT2D eigenvalue weighted by atomic mass is 16.4. The summed E-state index contributed by atoms with van der Waals surface area (Å²) >= 11 is 0. The fourth-order valence-corrected chi connectivity index (χ4v) is 2.96. The molecule has 1 atom stereocenters. The van der Waals surface area contributed by atoms with Crippen LogP contribution in [-0.2, 0) is 0 Å². The van der Waals surface area contributed by atoms with Crippen molar-refractivity contribution in [3.63, 3.8) is 0 Å². The van der Waals surface area contributed by atoms with Gasteiger partial charge in [-0.2, -0.15) is 0 Å². The smallest absolute Gasteiger partial charge is 0.335 e. The first-order valence-electron chi connectivity index (χ1n) is 7.94. The van der Waals surface area contributed by atoms with Gasteiger partial charge in [0.15, 0.2) is 0 Å². The summed E-state index contributed by atoms with van der Waals surface area (Å²) < 4.78 is 0. The van der Waals surface area contributed by atoms with E-state index in [0.29, 0.717) is 11.5 Å². The van der Waals surface area contributed by atoms with Crippen molar-refractivity contribution >= 4 is 5.97 Å². The van der Waals surface area contributed by atoms with Gasteiger partial charge >= 0.3 is 5.97 Å². The molecule has 0 spiro atoms. The minimum Gasteiger partial charge on any atom is -0.478 e. The van der Waals surface area contributed by atoms with Gasteiger partial charge in [0.2, 0.25) is 0 Å². The second kappa shape index (κ2) is 8.78. The predicted octanol–water partition coefficient (Wildman–Crippen LogP) is 5.55. The Labute approximate surface area is 123 Å². The van der Waals surface area contributed by atoms with Crippen molar-refractivity contribution in [2.75, 3.05) is 0 Å². The van der Waals surface area contributed by atoms with E-state index in [1.807, 2.05) is 19.1 Å². The summed E-state index contributed by atoms with van der Waals surface area (Å²) in [4.78, 5) is 11.4. The molecule has 0 aliphatic carbocycles. The monoisotopic (exact) mass is 276 g/mol. The quantitative estimate of drug-likeness (QED) is 0.600. The first-order chi connectivity index (χ1) is 9.61. The number of carboxylic acids is 1. The number of aryl methyl sites for hydroxylation is 1. The number of carbonyl (C=O) groups is 1. The molecule has 0 heterocycles. The van der Waals surface area contributed by atoms with Crippen molar-refractivity contribution in [1.29, 1.82) is 0 Å². The molecule has 0 radical (unpaired) electrons. The van der Waals surface area contributed by atoms with Crippen molar-refractivity contribution in [3.8, 4) is 0 Å². The average Bonchev–Trinajstić information content (AvgIpc) is 2.43. The van der Waals surface area contributed by atoms with Crippen LogP contribution in [0.15, 0.2) is 18.2 Å². The topological polar surface area (TPSA) is 37.3 Å². The number of aromatic carboxylic acids is 1. The number of unbranched alkanes of at least 4 members (excludes halogenated alkanes) is 4. The fourth-order valence-electron chi connectivity index (χ4n) is 2.96. The highest BCUT2D eigenvalue weighted by molar-refractivity contribution is 5.90. The lowest BCUT2D eigenvalue weighted by molar-refractivity contribution is 0.0695. The number of hydrogen-bond donors (Lipinski definition) is 1. The molecule has 0 bridgehead atoms. The molecule has 0 aliphatic heterocycles. The van der Waals surface area contributed by atoms with E-state index in [0.717, 1.165) is 24.0 Å². The molecule has 1 aromatic rings. The SMILES string of the molecule is CCCCCCCC(CC)c1c(C)cccc1C(=O)O. The first kappa shape index (κ1) is 16.7. The summed E-state index contributed by atoms with van der Waals surface area (Å²) in [5.74, 6) is -0.419. The van der Waals surface area contributed by atoms with Crippen LogP contribution < -0.4 is 0 Å². The Morgan fingerprint density at radius 2 is 1.85 bits per heavy atom. The van der Waals surface area contributed by atoms with Crippen LogP contribution in [0.1, 0.15) is 86.2 Å². The Morgan fingerprint density at radius 3 is 2.45 bits per heavy atom. The minimum atomic E-state index is -0.798. The van der Waals surface area contributed by atoms with Crippen LogP contribution in [0.5, 0.6) is 0 Å². The van der Waals surface area contributed by atoms with Crippen molar-refractivity contribution in [3.05, 3.63) is 34.9 Å². The summed E-state index contributed by atoms with van der Waals surface area (Å²) in [5.41, 5.74) is 2.66. The highest BCUT2D eigenvalue weighted by Gasteiger charge is 2.19. The third-order valence-corrected chi connectivity index (χ3v) is 4.11. The highest BCUT2D eigenvalue weighted by Crippen LogP contribution is 2.31. The third-order valence-electron chi connectivity index (χ3n) is 4.11. The average molecular weight is 276 g/mol. The van der Waals surface area contributed by atoms with E-state index in [-0.39, 0.29) is 0 Å². The Hall–Kier alpha value is -1.31. The van der Waals surface area contributed by atoms with Gasteiger partial charge < -0.3 is 5.11 Å². The summed E-state index contributed by atoms with van der Waals surface area (Å²) in [5, 5.41) is 9.38. The van der Waals surface area contributed by atoms with E-state index in [1.54, 1.807) is 6.07 Å². The number of hydrogen-bond acceptors (Lipinski definition) is 1. The van der Waals surface area contributed by atoms with Gasteiger partial charge in [0.25, 0.3) is 0 Å². The number of rotatable bonds is 9. The third kappa shape index (κ3) is 4.66. The van der Waals surface area contributed by atoms with E-state index in [2.05, 4.69) is 13.8 Å². The van der Waals surface area contributed by atoms with Gasteiger partial charge in [-0.05, 0) is 42.9 Å². The Morgan fingerprint density at radius 1 is 1.15 bits per heavy atom. The van der Waals surface area contributed by atoms with Crippen LogP contribution in [-0.4, -0.2) is 11.1 Å². The normalized spacial score (nSPS) is 12.3. The molecule has 2 heteroatoms. The molecule has 20 heavy (non-hydrogen) atoms. The van der Waals surface area contributed by atoms with Gasteiger partial charge in [-0.1, -0.05) is 58.1 Å². The van der Waals surface area contributed by atoms with Crippen molar-refractivity contribution in [2.24, 2.45) is 0 Å². The Kier molecular flexibility index (Phi) is 7.35. The molecular formula is C18H28O2. The summed E-state index contributed by atoms with van der Waals surface area (Å²) in [6.45, 7) is 6.41. The fraction of sp³-hybridized carbons (Fsp3) is 0.611. The predicted molar refractivity (Wildman–Crippen MR) is 84.5 cm³/mol. The van der Waals surface area contributed by atoms with E-state index in [9.17, 15) is 9.90 Å². The zero-order valence-corrected chi connectivity index (χ0v) is 13.1. The molecule has 0 aromatic heterocycles. The van der Waals surface area contributed by atoms with Gasteiger partial charge in [-0.3, -0.25) is 0 Å². The van der Waals surface area contributed by atoms with Gasteiger partial charge in [-0.15, -0.1) is 0 Å². The Balaban J connectivity index is 2.76. The molecule has 0 saturated carbocycles. The number of carboxylic acid groups (broad SMARTS) is 1. The van der Waals surface area contributed by atoms with Gasteiger partial charge in [0, 0.05) is 0 Å². The molecule has 1 unspecified atom stereocenters. The zero-order valence-electron chi connectivity index (χ0n) is 13.1. The standard InChI is InChI=1S/C18H28O2/c1-4-6-7-8-9-12-15(5-2)17-14(3)11-10-13-16(17)18(19)20/h10-11,13,15H,4-9,12H2,1-3H3,(H,19,20). The molecule has 0 fully saturated rings. The first-order valence-corrected chi connectivity index (χ1v) is 7.94. The molecular weight excluding hydrogens is 248 g/mol. The number of benzene rings is 1. The van der Waals surface area contributed by atoms with Crippen LogP contribution in [0.3, 0.4) is 0 Å². The molecule has 112 valence electrons. The van der Waals surface area contributed by atoms with Crippen LogP contribution in [0, 0.1) is 6.92 Å². The largest absolute Gasteiger partial charge is 0.478 e. The molecule has 1 N–H and O–H groups in total. The van der Waals surface area contributed by atoms with E-state index in [1.165, 1.54) is 32.1 Å². The molecule has 2 nitrogen and oxygen atoms in total.